The lowest BCUT2D eigenvalue weighted by molar-refractivity contribution is 0.578. The van der Waals surface area contributed by atoms with E-state index in [1.807, 2.05) is 12.1 Å². The third-order valence-electron chi connectivity index (χ3n) is 4.25. The van der Waals surface area contributed by atoms with Crippen molar-refractivity contribution in [3.63, 3.8) is 0 Å². The van der Waals surface area contributed by atoms with Crippen LogP contribution in [0.1, 0.15) is 19.3 Å². The molecule has 1 aromatic heterocycles. The Kier molecular flexibility index (Phi) is 3.11. The van der Waals surface area contributed by atoms with Gasteiger partial charge in [-0.25, -0.2) is 4.98 Å². The maximum Gasteiger partial charge on any atom is 0.140 e. The first-order valence-corrected chi connectivity index (χ1v) is 7.71. The number of hydrogen-bond donors (Lipinski definition) is 1. The molecule has 1 aliphatic heterocycles. The van der Waals surface area contributed by atoms with Crippen molar-refractivity contribution in [2.45, 2.75) is 19.3 Å². The number of hydrogen-bond acceptors (Lipinski definition) is 2. The van der Waals surface area contributed by atoms with Gasteiger partial charge in [-0.05, 0) is 43.5 Å². The molecule has 0 aliphatic carbocycles. The number of benzene rings is 2. The molecule has 0 spiro atoms. The van der Waals surface area contributed by atoms with Crippen LogP contribution in [0.15, 0.2) is 48.5 Å². The van der Waals surface area contributed by atoms with E-state index in [9.17, 15) is 0 Å². The minimum atomic E-state index is 0.970. The van der Waals surface area contributed by atoms with Gasteiger partial charge < -0.3 is 9.88 Å². The standard InChI is InChI=1S/C18H19N3/c1-6-12-21(13-7-1)17-11-5-2-8-14(17)18-19-15-9-3-4-10-16(15)20-18/h2-5,8-11H,1,6-7,12-13H2,(H,19,20). The number of fused-ring (bicyclic) bond motifs is 1. The molecule has 0 atom stereocenters. The van der Waals surface area contributed by atoms with E-state index in [0.29, 0.717) is 0 Å². The molecular formula is C18H19N3. The first-order valence-electron chi connectivity index (χ1n) is 7.71. The van der Waals surface area contributed by atoms with Gasteiger partial charge in [-0.15, -0.1) is 0 Å². The van der Waals surface area contributed by atoms with Gasteiger partial charge in [0.2, 0.25) is 0 Å². The van der Waals surface area contributed by atoms with Crippen molar-refractivity contribution in [1.82, 2.24) is 9.97 Å². The lowest BCUT2D eigenvalue weighted by Gasteiger charge is -2.30. The number of para-hydroxylation sites is 3. The smallest absolute Gasteiger partial charge is 0.140 e. The van der Waals surface area contributed by atoms with Crippen LogP contribution >= 0.6 is 0 Å². The summed E-state index contributed by atoms with van der Waals surface area (Å²) in [6.07, 6.45) is 3.92. The van der Waals surface area contributed by atoms with Crippen LogP contribution in [0.2, 0.25) is 0 Å². The van der Waals surface area contributed by atoms with Crippen molar-refractivity contribution in [1.29, 1.82) is 0 Å². The molecule has 0 radical (unpaired) electrons. The molecule has 1 saturated heterocycles. The first kappa shape index (κ1) is 12.5. The van der Waals surface area contributed by atoms with E-state index in [4.69, 9.17) is 4.98 Å². The quantitative estimate of drug-likeness (QED) is 0.760. The zero-order valence-corrected chi connectivity index (χ0v) is 12.0. The van der Waals surface area contributed by atoms with E-state index >= 15 is 0 Å². The third kappa shape index (κ3) is 2.29. The van der Waals surface area contributed by atoms with Crippen LogP contribution in [0.3, 0.4) is 0 Å². The van der Waals surface area contributed by atoms with Crippen molar-refractivity contribution >= 4 is 16.7 Å². The summed E-state index contributed by atoms with van der Waals surface area (Å²) in [5, 5.41) is 0. The number of aromatic nitrogens is 2. The predicted molar refractivity (Wildman–Crippen MR) is 87.6 cm³/mol. The first-order chi connectivity index (χ1) is 10.4. The number of rotatable bonds is 2. The Morgan fingerprint density at radius 2 is 1.62 bits per heavy atom. The summed E-state index contributed by atoms with van der Waals surface area (Å²) in [6.45, 7) is 2.30. The van der Waals surface area contributed by atoms with Crippen LogP contribution in [0, 0.1) is 0 Å². The highest BCUT2D eigenvalue weighted by molar-refractivity contribution is 5.83. The monoisotopic (exact) mass is 277 g/mol. The van der Waals surface area contributed by atoms with Crippen LogP contribution in [-0.2, 0) is 0 Å². The maximum atomic E-state index is 4.76. The van der Waals surface area contributed by atoms with Gasteiger partial charge in [-0.2, -0.15) is 0 Å². The second-order valence-corrected chi connectivity index (χ2v) is 5.67. The van der Waals surface area contributed by atoms with Crippen LogP contribution < -0.4 is 4.90 Å². The molecule has 106 valence electrons. The van der Waals surface area contributed by atoms with E-state index in [0.717, 1.165) is 29.9 Å². The number of aromatic amines is 1. The fourth-order valence-corrected chi connectivity index (χ4v) is 3.16. The normalized spacial score (nSPS) is 15.5. The maximum absolute atomic E-state index is 4.76. The number of nitrogens with zero attached hydrogens (tertiary/aromatic N) is 2. The number of piperidine rings is 1. The van der Waals surface area contributed by atoms with Gasteiger partial charge in [0.05, 0.1) is 11.0 Å². The van der Waals surface area contributed by atoms with Gasteiger partial charge in [0.1, 0.15) is 5.82 Å². The molecule has 2 heterocycles. The largest absolute Gasteiger partial charge is 0.371 e. The zero-order valence-electron chi connectivity index (χ0n) is 12.0. The van der Waals surface area contributed by atoms with Crippen molar-refractivity contribution < 1.29 is 0 Å². The second-order valence-electron chi connectivity index (χ2n) is 5.67. The number of anilines is 1. The van der Waals surface area contributed by atoms with Crippen LogP contribution in [0.4, 0.5) is 5.69 Å². The Morgan fingerprint density at radius 1 is 0.857 bits per heavy atom. The highest BCUT2D eigenvalue weighted by atomic mass is 15.1. The Morgan fingerprint density at radius 3 is 2.48 bits per heavy atom. The average Bonchev–Trinajstić information content (AvgIpc) is 2.99. The average molecular weight is 277 g/mol. The summed E-state index contributed by atoms with van der Waals surface area (Å²) in [5.41, 5.74) is 4.63. The molecule has 2 aromatic carbocycles. The van der Waals surface area contributed by atoms with E-state index in [-0.39, 0.29) is 0 Å². The summed E-state index contributed by atoms with van der Waals surface area (Å²) < 4.78 is 0. The van der Waals surface area contributed by atoms with E-state index < -0.39 is 0 Å². The highest BCUT2D eigenvalue weighted by Gasteiger charge is 2.16. The molecule has 4 rings (SSSR count). The van der Waals surface area contributed by atoms with Crippen molar-refractivity contribution in [2.24, 2.45) is 0 Å². The second kappa shape index (κ2) is 5.24. The van der Waals surface area contributed by atoms with Crippen LogP contribution in [0.25, 0.3) is 22.4 Å². The molecule has 3 nitrogen and oxygen atoms in total. The zero-order chi connectivity index (χ0) is 14.1. The molecule has 0 unspecified atom stereocenters. The highest BCUT2D eigenvalue weighted by Crippen LogP contribution is 2.31. The predicted octanol–water partition coefficient (Wildman–Crippen LogP) is 4.22. The van der Waals surface area contributed by atoms with E-state index in [1.54, 1.807) is 0 Å². The van der Waals surface area contributed by atoms with E-state index in [2.05, 4.69) is 46.3 Å². The molecule has 0 bridgehead atoms. The molecule has 3 aromatic rings. The van der Waals surface area contributed by atoms with Gasteiger partial charge in [0.25, 0.3) is 0 Å². The molecular weight excluding hydrogens is 258 g/mol. The summed E-state index contributed by atoms with van der Waals surface area (Å²) in [5.74, 6) is 0.970. The number of nitrogens with one attached hydrogen (secondary N) is 1. The number of imidazole rings is 1. The minimum absolute atomic E-state index is 0.970. The molecule has 0 saturated carbocycles. The van der Waals surface area contributed by atoms with Crippen LogP contribution in [0.5, 0.6) is 0 Å². The van der Waals surface area contributed by atoms with Crippen molar-refractivity contribution in [3.8, 4) is 11.4 Å². The summed E-state index contributed by atoms with van der Waals surface area (Å²) >= 11 is 0. The minimum Gasteiger partial charge on any atom is -0.371 e. The molecule has 21 heavy (non-hydrogen) atoms. The molecule has 1 fully saturated rings. The Labute approximate surface area is 124 Å². The molecule has 1 aliphatic rings. The number of H-pyrrole nitrogens is 1. The summed E-state index contributed by atoms with van der Waals surface area (Å²) in [7, 11) is 0. The Hall–Kier alpha value is -2.29. The fraction of sp³-hybridized carbons (Fsp3) is 0.278. The van der Waals surface area contributed by atoms with Gasteiger partial charge in [0.15, 0.2) is 0 Å². The summed E-state index contributed by atoms with van der Waals surface area (Å²) in [6, 6.07) is 16.8. The van der Waals surface area contributed by atoms with Gasteiger partial charge in [-0.1, -0.05) is 24.3 Å². The van der Waals surface area contributed by atoms with E-state index in [1.165, 1.54) is 30.5 Å². The SMILES string of the molecule is c1ccc(N2CCCCC2)c(-c2nc3ccccc3[nH]2)c1. The third-order valence-corrected chi connectivity index (χ3v) is 4.25. The topological polar surface area (TPSA) is 31.9 Å². The molecule has 1 N–H and O–H groups in total. The Balaban J connectivity index is 1.80. The lowest BCUT2D eigenvalue weighted by Crippen LogP contribution is -2.29. The summed E-state index contributed by atoms with van der Waals surface area (Å²) in [4.78, 5) is 10.7. The van der Waals surface area contributed by atoms with Gasteiger partial charge in [-0.3, -0.25) is 0 Å². The fourth-order valence-electron chi connectivity index (χ4n) is 3.16. The van der Waals surface area contributed by atoms with Crippen molar-refractivity contribution in [3.05, 3.63) is 48.5 Å². The molecule has 3 heteroatoms. The lowest BCUT2D eigenvalue weighted by atomic mass is 10.1. The Bertz CT molecular complexity index is 721. The van der Waals surface area contributed by atoms with Crippen molar-refractivity contribution in [2.75, 3.05) is 18.0 Å². The van der Waals surface area contributed by atoms with Gasteiger partial charge in [0, 0.05) is 24.3 Å². The van der Waals surface area contributed by atoms with Crippen LogP contribution in [-0.4, -0.2) is 23.1 Å². The molecule has 0 amide bonds. The van der Waals surface area contributed by atoms with Gasteiger partial charge >= 0.3 is 0 Å².